The molecule has 2 heterocycles. The number of amides is 1. The Morgan fingerprint density at radius 3 is 2.46 bits per heavy atom. The van der Waals surface area contributed by atoms with Crippen molar-refractivity contribution in [2.45, 2.75) is 19.3 Å². The molecular weight excluding hydrogens is 352 g/mol. The van der Waals surface area contributed by atoms with Gasteiger partial charge in [0.1, 0.15) is 5.75 Å². The van der Waals surface area contributed by atoms with Crippen molar-refractivity contribution >= 4 is 22.5 Å². The number of nitrogens with zero attached hydrogens (tertiary/aromatic N) is 3. The molecule has 28 heavy (non-hydrogen) atoms. The van der Waals surface area contributed by atoms with Crippen LogP contribution in [-0.4, -0.2) is 42.8 Å². The minimum absolute atomic E-state index is 0.190. The largest absolute Gasteiger partial charge is 0.497 e. The number of nitrogens with one attached hydrogen (secondary N) is 1. The summed E-state index contributed by atoms with van der Waals surface area (Å²) in [5.41, 5.74) is 1.52. The number of ether oxygens (including phenoxy) is 1. The summed E-state index contributed by atoms with van der Waals surface area (Å²) in [5, 5.41) is 13.5. The van der Waals surface area contributed by atoms with E-state index < -0.39 is 0 Å². The molecule has 0 saturated carbocycles. The molecule has 0 bridgehead atoms. The highest BCUT2D eigenvalue weighted by Crippen LogP contribution is 2.28. The number of methoxy groups -OCH3 is 1. The first-order valence-corrected chi connectivity index (χ1v) is 9.68. The average molecular weight is 376 g/mol. The van der Waals surface area contributed by atoms with E-state index in [0.29, 0.717) is 12.2 Å². The van der Waals surface area contributed by atoms with Crippen molar-refractivity contribution in [3.63, 3.8) is 0 Å². The lowest BCUT2D eigenvalue weighted by Gasteiger charge is -2.18. The van der Waals surface area contributed by atoms with E-state index in [-0.39, 0.29) is 5.91 Å². The van der Waals surface area contributed by atoms with Crippen molar-refractivity contribution < 1.29 is 9.53 Å². The Morgan fingerprint density at radius 1 is 1.04 bits per heavy atom. The van der Waals surface area contributed by atoms with Crippen molar-refractivity contribution in [1.82, 2.24) is 15.5 Å². The van der Waals surface area contributed by atoms with Crippen LogP contribution >= 0.6 is 0 Å². The van der Waals surface area contributed by atoms with Crippen LogP contribution in [-0.2, 0) is 6.42 Å². The predicted molar refractivity (Wildman–Crippen MR) is 110 cm³/mol. The molecule has 0 spiro atoms. The molecule has 1 fully saturated rings. The first-order valence-electron chi connectivity index (χ1n) is 9.68. The zero-order valence-corrected chi connectivity index (χ0v) is 16.0. The zero-order chi connectivity index (χ0) is 19.3. The van der Waals surface area contributed by atoms with Crippen LogP contribution in [0.2, 0.25) is 0 Å². The Hall–Kier alpha value is -3.15. The van der Waals surface area contributed by atoms with Gasteiger partial charge in [0, 0.05) is 30.4 Å². The lowest BCUT2D eigenvalue weighted by atomic mass is 10.1. The Labute approximate surface area is 164 Å². The standard InChI is InChI=1S/C22H24N4O2/c1-28-17-10-8-16(9-11-17)12-13-23-22(27)20-18-6-2-3-7-19(18)21(25-24-20)26-14-4-5-15-26/h2-3,6-11H,4-5,12-15H2,1H3,(H,23,27). The number of fused-ring (bicyclic) bond motifs is 1. The highest BCUT2D eigenvalue weighted by atomic mass is 16.5. The molecule has 1 saturated heterocycles. The first kappa shape index (κ1) is 18.2. The Balaban J connectivity index is 1.48. The van der Waals surface area contributed by atoms with E-state index in [9.17, 15) is 4.79 Å². The second kappa shape index (κ2) is 8.25. The normalized spacial score (nSPS) is 13.7. The summed E-state index contributed by atoms with van der Waals surface area (Å²) in [6, 6.07) is 15.7. The summed E-state index contributed by atoms with van der Waals surface area (Å²) in [4.78, 5) is 15.0. The Kier molecular flexibility index (Phi) is 5.37. The van der Waals surface area contributed by atoms with Crippen LogP contribution in [0.1, 0.15) is 28.9 Å². The molecule has 1 aliphatic heterocycles. The molecule has 1 aromatic heterocycles. The van der Waals surface area contributed by atoms with Gasteiger partial charge in [-0.25, -0.2) is 0 Å². The highest BCUT2D eigenvalue weighted by molar-refractivity contribution is 6.07. The molecule has 6 heteroatoms. The van der Waals surface area contributed by atoms with Gasteiger partial charge in [0.05, 0.1) is 7.11 Å². The van der Waals surface area contributed by atoms with Crippen molar-refractivity contribution in [2.24, 2.45) is 0 Å². The Morgan fingerprint density at radius 2 is 1.75 bits per heavy atom. The summed E-state index contributed by atoms with van der Waals surface area (Å²) in [6.45, 7) is 2.52. The first-order chi connectivity index (χ1) is 13.8. The fourth-order valence-electron chi connectivity index (χ4n) is 3.62. The Bertz CT molecular complexity index is 966. The van der Waals surface area contributed by atoms with Gasteiger partial charge in [0.15, 0.2) is 11.5 Å². The number of hydrogen-bond acceptors (Lipinski definition) is 5. The molecule has 0 radical (unpaired) electrons. The minimum atomic E-state index is -0.190. The van der Waals surface area contributed by atoms with Crippen LogP contribution in [0.4, 0.5) is 5.82 Å². The maximum absolute atomic E-state index is 12.7. The van der Waals surface area contributed by atoms with E-state index in [1.54, 1.807) is 7.11 Å². The van der Waals surface area contributed by atoms with Crippen LogP contribution in [0.25, 0.3) is 10.8 Å². The van der Waals surface area contributed by atoms with Crippen LogP contribution in [0, 0.1) is 0 Å². The van der Waals surface area contributed by atoms with Gasteiger partial charge < -0.3 is 15.0 Å². The number of aromatic nitrogens is 2. The summed E-state index contributed by atoms with van der Waals surface area (Å²) in [7, 11) is 1.65. The minimum Gasteiger partial charge on any atom is -0.497 e. The number of hydrogen-bond donors (Lipinski definition) is 1. The van der Waals surface area contributed by atoms with Gasteiger partial charge in [-0.1, -0.05) is 36.4 Å². The van der Waals surface area contributed by atoms with E-state index >= 15 is 0 Å². The van der Waals surface area contributed by atoms with E-state index in [2.05, 4.69) is 20.4 Å². The van der Waals surface area contributed by atoms with E-state index in [1.165, 1.54) is 12.8 Å². The maximum atomic E-state index is 12.7. The number of carbonyl (C=O) groups is 1. The third-order valence-corrected chi connectivity index (χ3v) is 5.15. The van der Waals surface area contributed by atoms with Crippen molar-refractivity contribution in [1.29, 1.82) is 0 Å². The SMILES string of the molecule is COc1ccc(CCNC(=O)c2nnc(N3CCCC3)c3ccccc23)cc1. The van der Waals surface area contributed by atoms with Crippen molar-refractivity contribution in [3.8, 4) is 5.75 Å². The van der Waals surface area contributed by atoms with Crippen molar-refractivity contribution in [3.05, 3.63) is 59.8 Å². The molecule has 1 aliphatic rings. The molecule has 6 nitrogen and oxygen atoms in total. The van der Waals surface area contributed by atoms with Crippen LogP contribution in [0.5, 0.6) is 5.75 Å². The molecule has 0 atom stereocenters. The van der Waals surface area contributed by atoms with Crippen LogP contribution in [0.3, 0.4) is 0 Å². The molecule has 2 aromatic carbocycles. The zero-order valence-electron chi connectivity index (χ0n) is 16.0. The lowest BCUT2D eigenvalue weighted by molar-refractivity contribution is 0.0950. The molecule has 3 aromatic rings. The summed E-state index contributed by atoms with van der Waals surface area (Å²) in [6.07, 6.45) is 3.08. The van der Waals surface area contributed by atoms with E-state index in [4.69, 9.17) is 4.74 Å². The number of rotatable bonds is 6. The number of carbonyl (C=O) groups excluding carboxylic acids is 1. The number of anilines is 1. The fraction of sp³-hybridized carbons (Fsp3) is 0.318. The number of benzene rings is 2. The molecule has 1 amide bonds. The van der Waals surface area contributed by atoms with Gasteiger partial charge in [0.2, 0.25) is 0 Å². The lowest BCUT2D eigenvalue weighted by Crippen LogP contribution is -2.28. The monoisotopic (exact) mass is 376 g/mol. The highest BCUT2D eigenvalue weighted by Gasteiger charge is 2.20. The molecular formula is C22H24N4O2. The van der Waals surface area contributed by atoms with Gasteiger partial charge >= 0.3 is 0 Å². The average Bonchev–Trinajstić information content (AvgIpc) is 3.28. The van der Waals surface area contributed by atoms with Gasteiger partial charge in [-0.05, 0) is 37.0 Å². The predicted octanol–water partition coefficient (Wildman–Crippen LogP) is 3.21. The molecule has 4 rings (SSSR count). The van der Waals surface area contributed by atoms with Crippen LogP contribution in [0.15, 0.2) is 48.5 Å². The topological polar surface area (TPSA) is 67.3 Å². The second-order valence-corrected chi connectivity index (χ2v) is 6.97. The fourth-order valence-corrected chi connectivity index (χ4v) is 3.62. The third-order valence-electron chi connectivity index (χ3n) is 5.15. The van der Waals surface area contributed by atoms with Gasteiger partial charge in [0.25, 0.3) is 5.91 Å². The summed E-state index contributed by atoms with van der Waals surface area (Å²) < 4.78 is 5.17. The van der Waals surface area contributed by atoms with Crippen LogP contribution < -0.4 is 15.0 Å². The van der Waals surface area contributed by atoms with E-state index in [0.717, 1.165) is 47.4 Å². The third kappa shape index (κ3) is 3.76. The molecule has 0 aliphatic carbocycles. The van der Waals surface area contributed by atoms with Gasteiger partial charge in [-0.2, -0.15) is 0 Å². The molecule has 1 N–H and O–H groups in total. The van der Waals surface area contributed by atoms with Gasteiger partial charge in [-0.3, -0.25) is 4.79 Å². The smallest absolute Gasteiger partial charge is 0.272 e. The summed E-state index contributed by atoms with van der Waals surface area (Å²) in [5.74, 6) is 1.51. The molecule has 144 valence electrons. The quantitative estimate of drug-likeness (QED) is 0.716. The molecule has 0 unspecified atom stereocenters. The maximum Gasteiger partial charge on any atom is 0.272 e. The van der Waals surface area contributed by atoms with Gasteiger partial charge in [-0.15, -0.1) is 10.2 Å². The van der Waals surface area contributed by atoms with Crippen molar-refractivity contribution in [2.75, 3.05) is 31.6 Å². The second-order valence-electron chi connectivity index (χ2n) is 6.97. The van der Waals surface area contributed by atoms with E-state index in [1.807, 2.05) is 48.5 Å². The summed E-state index contributed by atoms with van der Waals surface area (Å²) >= 11 is 0.